The Morgan fingerprint density at radius 3 is 2.67 bits per heavy atom. The second-order valence-corrected chi connectivity index (χ2v) is 5.31. The summed E-state index contributed by atoms with van der Waals surface area (Å²) in [5, 5.41) is 10.8. The molecule has 1 amide bonds. The van der Waals surface area contributed by atoms with Crippen molar-refractivity contribution in [1.82, 2.24) is 15.1 Å². The van der Waals surface area contributed by atoms with Gasteiger partial charge in [0.25, 0.3) is 5.91 Å². The molecule has 2 rings (SSSR count). The molecule has 0 aliphatic heterocycles. The molecule has 0 saturated carbocycles. The van der Waals surface area contributed by atoms with Crippen LogP contribution in [0.25, 0.3) is 0 Å². The summed E-state index contributed by atoms with van der Waals surface area (Å²) in [6.07, 6.45) is 0. The number of aromatic nitrogens is 2. The second kappa shape index (κ2) is 6.18. The monoisotopic (exact) mass is 306 g/mol. The van der Waals surface area contributed by atoms with Crippen LogP contribution in [0.3, 0.4) is 0 Å². The Hall–Kier alpha value is -2.01. The van der Waals surface area contributed by atoms with Crippen LogP contribution in [0.5, 0.6) is 0 Å². The van der Waals surface area contributed by atoms with E-state index in [0.29, 0.717) is 17.1 Å². The first kappa shape index (κ1) is 15.4. The minimum absolute atomic E-state index is 0.136. The van der Waals surface area contributed by atoms with Crippen LogP contribution >= 0.6 is 11.6 Å². The SMILES string of the molecule is CNC(=O)c1ccc(Cl)c(NCc2c(C)nn(C)c2C)c1. The van der Waals surface area contributed by atoms with Crippen LogP contribution in [0, 0.1) is 13.8 Å². The minimum atomic E-state index is -0.136. The zero-order chi connectivity index (χ0) is 15.6. The molecule has 0 radical (unpaired) electrons. The zero-order valence-electron chi connectivity index (χ0n) is 12.6. The van der Waals surface area contributed by atoms with E-state index < -0.39 is 0 Å². The number of hydrogen-bond acceptors (Lipinski definition) is 3. The van der Waals surface area contributed by atoms with Gasteiger partial charge in [-0.05, 0) is 32.0 Å². The highest BCUT2D eigenvalue weighted by atomic mass is 35.5. The standard InChI is InChI=1S/C15H19ClN4O/c1-9-12(10(2)20(4)19-9)8-18-14-7-11(15(21)17-3)5-6-13(14)16/h5-7,18H,8H2,1-4H3,(H,17,21). The fraction of sp³-hybridized carbons (Fsp3) is 0.333. The highest BCUT2D eigenvalue weighted by molar-refractivity contribution is 6.33. The van der Waals surface area contributed by atoms with Crippen LogP contribution in [0.1, 0.15) is 27.3 Å². The Morgan fingerprint density at radius 1 is 1.38 bits per heavy atom. The lowest BCUT2D eigenvalue weighted by atomic mass is 10.1. The molecule has 0 unspecified atom stereocenters. The van der Waals surface area contributed by atoms with Crippen molar-refractivity contribution >= 4 is 23.2 Å². The Kier molecular flexibility index (Phi) is 4.53. The van der Waals surface area contributed by atoms with Crippen molar-refractivity contribution in [2.24, 2.45) is 7.05 Å². The van der Waals surface area contributed by atoms with Crippen molar-refractivity contribution in [3.05, 3.63) is 45.7 Å². The predicted molar refractivity (Wildman–Crippen MR) is 84.9 cm³/mol. The number of nitrogens with zero attached hydrogens (tertiary/aromatic N) is 2. The first-order valence-electron chi connectivity index (χ1n) is 6.68. The van der Waals surface area contributed by atoms with Crippen LogP contribution in [-0.2, 0) is 13.6 Å². The number of hydrogen-bond donors (Lipinski definition) is 2. The van der Waals surface area contributed by atoms with Gasteiger partial charge in [0.05, 0.1) is 16.4 Å². The van der Waals surface area contributed by atoms with E-state index in [1.165, 1.54) is 0 Å². The fourth-order valence-corrected chi connectivity index (χ4v) is 2.39. The van der Waals surface area contributed by atoms with Crippen molar-refractivity contribution in [2.75, 3.05) is 12.4 Å². The van der Waals surface area contributed by atoms with Crippen molar-refractivity contribution in [1.29, 1.82) is 0 Å². The van der Waals surface area contributed by atoms with Gasteiger partial charge < -0.3 is 10.6 Å². The van der Waals surface area contributed by atoms with E-state index in [2.05, 4.69) is 15.7 Å². The molecule has 112 valence electrons. The molecule has 2 N–H and O–H groups in total. The van der Waals surface area contributed by atoms with Gasteiger partial charge in [-0.1, -0.05) is 11.6 Å². The number of halogens is 1. The van der Waals surface area contributed by atoms with Gasteiger partial charge in [-0.25, -0.2) is 0 Å². The lowest BCUT2D eigenvalue weighted by molar-refractivity contribution is 0.0963. The van der Waals surface area contributed by atoms with Crippen LogP contribution in [0.4, 0.5) is 5.69 Å². The molecule has 0 aliphatic rings. The summed E-state index contributed by atoms with van der Waals surface area (Å²) in [6, 6.07) is 5.17. The topological polar surface area (TPSA) is 59.0 Å². The third kappa shape index (κ3) is 3.19. The molecule has 21 heavy (non-hydrogen) atoms. The van der Waals surface area contributed by atoms with Crippen molar-refractivity contribution in [2.45, 2.75) is 20.4 Å². The summed E-state index contributed by atoms with van der Waals surface area (Å²) in [7, 11) is 3.53. The Bertz CT molecular complexity index is 679. The molecule has 2 aromatic rings. The average molecular weight is 307 g/mol. The molecule has 0 saturated heterocycles. The predicted octanol–water partition coefficient (Wildman–Crippen LogP) is 2.66. The van der Waals surface area contributed by atoms with Gasteiger partial charge in [-0.2, -0.15) is 5.10 Å². The third-order valence-corrected chi connectivity index (χ3v) is 3.90. The van der Waals surface area contributed by atoms with Crippen LogP contribution in [0.15, 0.2) is 18.2 Å². The summed E-state index contributed by atoms with van der Waals surface area (Å²) >= 11 is 6.18. The molecular formula is C15H19ClN4O. The first-order valence-corrected chi connectivity index (χ1v) is 7.06. The molecule has 0 fully saturated rings. The molecule has 1 aromatic carbocycles. The van der Waals surface area contributed by atoms with E-state index in [-0.39, 0.29) is 5.91 Å². The molecule has 0 aliphatic carbocycles. The lowest BCUT2D eigenvalue weighted by Gasteiger charge is -2.10. The maximum atomic E-state index is 11.7. The number of carbonyl (C=O) groups is 1. The highest BCUT2D eigenvalue weighted by Crippen LogP contribution is 2.24. The zero-order valence-corrected chi connectivity index (χ0v) is 13.4. The lowest BCUT2D eigenvalue weighted by Crippen LogP contribution is -2.17. The Balaban J connectivity index is 2.21. The molecule has 1 aromatic heterocycles. The summed E-state index contributed by atoms with van der Waals surface area (Å²) in [4.78, 5) is 11.7. The number of aryl methyl sites for hydroxylation is 2. The molecule has 6 heteroatoms. The highest BCUT2D eigenvalue weighted by Gasteiger charge is 2.11. The van der Waals surface area contributed by atoms with Crippen molar-refractivity contribution < 1.29 is 4.79 Å². The van der Waals surface area contributed by atoms with E-state index >= 15 is 0 Å². The Morgan fingerprint density at radius 2 is 2.10 bits per heavy atom. The maximum Gasteiger partial charge on any atom is 0.251 e. The van der Waals surface area contributed by atoms with Gasteiger partial charge in [0, 0.05) is 37.5 Å². The first-order chi connectivity index (χ1) is 9.93. The van der Waals surface area contributed by atoms with Crippen LogP contribution in [-0.4, -0.2) is 22.7 Å². The summed E-state index contributed by atoms with van der Waals surface area (Å²) in [5.74, 6) is -0.136. The second-order valence-electron chi connectivity index (χ2n) is 4.90. The quantitative estimate of drug-likeness (QED) is 0.913. The Labute approximate surface area is 129 Å². The van der Waals surface area contributed by atoms with Crippen molar-refractivity contribution in [3.63, 3.8) is 0 Å². The molecule has 1 heterocycles. The van der Waals surface area contributed by atoms with Gasteiger partial charge in [-0.3, -0.25) is 9.48 Å². The molecule has 0 spiro atoms. The summed E-state index contributed by atoms with van der Waals surface area (Å²) < 4.78 is 1.86. The largest absolute Gasteiger partial charge is 0.380 e. The molecule has 5 nitrogen and oxygen atoms in total. The number of carbonyl (C=O) groups excluding carboxylic acids is 1. The minimum Gasteiger partial charge on any atom is -0.380 e. The van der Waals surface area contributed by atoms with Gasteiger partial charge in [0.2, 0.25) is 0 Å². The van der Waals surface area contributed by atoms with Gasteiger partial charge >= 0.3 is 0 Å². The van der Waals surface area contributed by atoms with Crippen LogP contribution < -0.4 is 10.6 Å². The number of nitrogens with one attached hydrogen (secondary N) is 2. The third-order valence-electron chi connectivity index (χ3n) is 3.57. The number of anilines is 1. The molecule has 0 atom stereocenters. The summed E-state index contributed by atoms with van der Waals surface area (Å²) in [5.41, 5.74) is 4.54. The summed E-state index contributed by atoms with van der Waals surface area (Å²) in [6.45, 7) is 4.62. The normalized spacial score (nSPS) is 10.5. The van der Waals surface area contributed by atoms with E-state index in [4.69, 9.17) is 11.6 Å². The smallest absolute Gasteiger partial charge is 0.251 e. The maximum absolute atomic E-state index is 11.7. The van der Waals surface area contributed by atoms with Crippen LogP contribution in [0.2, 0.25) is 5.02 Å². The number of rotatable bonds is 4. The van der Waals surface area contributed by atoms with E-state index in [1.807, 2.05) is 25.6 Å². The molecule has 0 bridgehead atoms. The van der Waals surface area contributed by atoms with Gasteiger partial charge in [-0.15, -0.1) is 0 Å². The average Bonchev–Trinajstić information content (AvgIpc) is 2.71. The van der Waals surface area contributed by atoms with Gasteiger partial charge in [0.15, 0.2) is 0 Å². The van der Waals surface area contributed by atoms with E-state index in [0.717, 1.165) is 22.6 Å². The number of amides is 1. The van der Waals surface area contributed by atoms with E-state index in [1.54, 1.807) is 25.2 Å². The fourth-order valence-electron chi connectivity index (χ4n) is 2.20. The van der Waals surface area contributed by atoms with Crippen molar-refractivity contribution in [3.8, 4) is 0 Å². The number of benzene rings is 1. The van der Waals surface area contributed by atoms with E-state index in [9.17, 15) is 4.79 Å². The molecular weight excluding hydrogens is 288 g/mol. The van der Waals surface area contributed by atoms with Gasteiger partial charge in [0.1, 0.15) is 0 Å².